The molecule has 2 aromatic rings. The zero-order chi connectivity index (χ0) is 31.5. The predicted molar refractivity (Wildman–Crippen MR) is 163 cm³/mol. The Bertz CT molecular complexity index is 1190. The van der Waals surface area contributed by atoms with Crippen LogP contribution in [0.1, 0.15) is 84.0 Å². The second-order valence-electron chi connectivity index (χ2n) is 11.9. The van der Waals surface area contributed by atoms with E-state index in [0.717, 1.165) is 11.1 Å². The van der Waals surface area contributed by atoms with Crippen LogP contribution in [0.5, 0.6) is 0 Å². The standard InChI is InChI=1S/C33H47N3O6/c1-9-33(7,8)36(28(25-18-16-23(3)17-19-25)29(38)34-21-20-27(37)41-10-2)30(39)26(22-24-14-12-11-13-15-24)35-31(40)42-32(4,5)6/h11-19,26,28H,9-10,20-22H2,1-8H3,(H,34,38)(H,35,40). The number of nitrogens with zero attached hydrogens (tertiary/aromatic N) is 1. The maximum absolute atomic E-state index is 14.6. The molecule has 0 aliphatic carbocycles. The van der Waals surface area contributed by atoms with E-state index in [-0.39, 0.29) is 26.0 Å². The Morgan fingerprint density at radius 1 is 0.905 bits per heavy atom. The van der Waals surface area contributed by atoms with Gasteiger partial charge in [-0.05, 0) is 66.0 Å². The van der Waals surface area contributed by atoms with Crippen molar-refractivity contribution in [2.24, 2.45) is 0 Å². The van der Waals surface area contributed by atoms with E-state index >= 15 is 0 Å². The van der Waals surface area contributed by atoms with Gasteiger partial charge >= 0.3 is 12.1 Å². The number of alkyl carbamates (subject to hydrolysis) is 1. The largest absolute Gasteiger partial charge is 0.466 e. The second-order valence-corrected chi connectivity index (χ2v) is 11.9. The summed E-state index contributed by atoms with van der Waals surface area (Å²) in [6.45, 7) is 14.9. The summed E-state index contributed by atoms with van der Waals surface area (Å²) in [4.78, 5) is 54.9. The third-order valence-electron chi connectivity index (χ3n) is 6.86. The van der Waals surface area contributed by atoms with Gasteiger partial charge in [-0.15, -0.1) is 0 Å². The maximum Gasteiger partial charge on any atom is 0.408 e. The zero-order valence-corrected chi connectivity index (χ0v) is 26.3. The summed E-state index contributed by atoms with van der Waals surface area (Å²) in [5.41, 5.74) is 0.888. The molecule has 2 atom stereocenters. The SMILES string of the molecule is CCOC(=O)CCNC(=O)C(c1ccc(C)cc1)N(C(=O)C(Cc1ccccc1)NC(=O)OC(C)(C)C)C(C)(C)CC. The second kappa shape index (κ2) is 15.4. The molecule has 2 unspecified atom stereocenters. The lowest BCUT2D eigenvalue weighted by Crippen LogP contribution is -2.60. The van der Waals surface area contributed by atoms with Gasteiger partial charge in [-0.3, -0.25) is 14.4 Å². The van der Waals surface area contributed by atoms with E-state index in [4.69, 9.17) is 9.47 Å². The van der Waals surface area contributed by atoms with Crippen molar-refractivity contribution in [3.05, 3.63) is 71.3 Å². The van der Waals surface area contributed by atoms with E-state index in [9.17, 15) is 19.2 Å². The monoisotopic (exact) mass is 581 g/mol. The van der Waals surface area contributed by atoms with Crippen molar-refractivity contribution in [2.45, 2.75) is 97.9 Å². The minimum absolute atomic E-state index is 0.00213. The molecule has 0 spiro atoms. The summed E-state index contributed by atoms with van der Waals surface area (Å²) in [6, 6.07) is 14.7. The number of nitrogens with one attached hydrogen (secondary N) is 2. The molecule has 9 nitrogen and oxygen atoms in total. The smallest absolute Gasteiger partial charge is 0.408 e. The molecule has 3 amide bonds. The van der Waals surface area contributed by atoms with E-state index in [1.165, 1.54) is 0 Å². The lowest BCUT2D eigenvalue weighted by molar-refractivity contribution is -0.149. The third kappa shape index (κ3) is 10.5. The van der Waals surface area contributed by atoms with Gasteiger partial charge < -0.3 is 25.0 Å². The Balaban J connectivity index is 2.57. The Labute approximate surface area is 250 Å². The van der Waals surface area contributed by atoms with Crippen LogP contribution in [0.2, 0.25) is 0 Å². The molecule has 2 N–H and O–H groups in total. The van der Waals surface area contributed by atoms with Gasteiger partial charge in [0, 0.05) is 18.5 Å². The average Bonchev–Trinajstić information content (AvgIpc) is 2.91. The molecular weight excluding hydrogens is 534 g/mol. The summed E-state index contributed by atoms with van der Waals surface area (Å²) in [7, 11) is 0. The summed E-state index contributed by atoms with van der Waals surface area (Å²) >= 11 is 0. The molecule has 230 valence electrons. The number of benzene rings is 2. The van der Waals surface area contributed by atoms with Gasteiger partial charge in [0.05, 0.1) is 13.0 Å². The predicted octanol–water partition coefficient (Wildman–Crippen LogP) is 5.26. The Hall–Kier alpha value is -3.88. The van der Waals surface area contributed by atoms with Crippen molar-refractivity contribution >= 4 is 23.9 Å². The summed E-state index contributed by atoms with van der Waals surface area (Å²) in [5.74, 6) is -1.28. The van der Waals surface area contributed by atoms with Crippen LogP contribution < -0.4 is 10.6 Å². The van der Waals surface area contributed by atoms with Gasteiger partial charge in [0.2, 0.25) is 11.8 Å². The molecule has 42 heavy (non-hydrogen) atoms. The number of aryl methyl sites for hydroxylation is 1. The average molecular weight is 582 g/mol. The molecule has 9 heteroatoms. The van der Waals surface area contributed by atoms with Crippen LogP contribution in [0, 0.1) is 6.92 Å². The van der Waals surface area contributed by atoms with Gasteiger partial charge in [0.25, 0.3) is 0 Å². The number of esters is 1. The molecule has 0 aliphatic rings. The molecule has 0 saturated heterocycles. The van der Waals surface area contributed by atoms with Crippen LogP contribution in [0.3, 0.4) is 0 Å². The quantitative estimate of drug-likeness (QED) is 0.312. The topological polar surface area (TPSA) is 114 Å². The van der Waals surface area contributed by atoms with Gasteiger partial charge in [0.1, 0.15) is 17.7 Å². The van der Waals surface area contributed by atoms with E-state index in [1.54, 1.807) is 32.6 Å². The first-order valence-corrected chi connectivity index (χ1v) is 14.5. The zero-order valence-electron chi connectivity index (χ0n) is 26.3. The lowest BCUT2D eigenvalue weighted by atomic mass is 9.91. The highest BCUT2D eigenvalue weighted by Crippen LogP contribution is 2.32. The van der Waals surface area contributed by atoms with Crippen molar-refractivity contribution in [1.82, 2.24) is 15.5 Å². The van der Waals surface area contributed by atoms with Crippen LogP contribution in [-0.4, -0.2) is 59.1 Å². The van der Waals surface area contributed by atoms with Crippen LogP contribution in [-0.2, 0) is 30.3 Å². The Kier molecular flexibility index (Phi) is 12.6. The summed E-state index contributed by atoms with van der Waals surface area (Å²) in [6.07, 6.45) is 0.00117. The lowest BCUT2D eigenvalue weighted by Gasteiger charge is -2.44. The van der Waals surface area contributed by atoms with Gasteiger partial charge in [-0.1, -0.05) is 67.1 Å². The molecule has 0 aromatic heterocycles. The van der Waals surface area contributed by atoms with Gasteiger partial charge in [-0.2, -0.15) is 0 Å². The molecule has 0 fully saturated rings. The van der Waals surface area contributed by atoms with E-state index < -0.39 is 47.1 Å². The third-order valence-corrected chi connectivity index (χ3v) is 6.86. The van der Waals surface area contributed by atoms with Gasteiger partial charge in [-0.25, -0.2) is 4.79 Å². The van der Waals surface area contributed by atoms with Crippen LogP contribution in [0.25, 0.3) is 0 Å². The highest BCUT2D eigenvalue weighted by molar-refractivity contribution is 5.93. The highest BCUT2D eigenvalue weighted by atomic mass is 16.6. The summed E-state index contributed by atoms with van der Waals surface area (Å²) in [5, 5.41) is 5.61. The number of hydrogen-bond donors (Lipinski definition) is 2. The first-order valence-electron chi connectivity index (χ1n) is 14.5. The van der Waals surface area contributed by atoms with Crippen LogP contribution in [0.4, 0.5) is 4.79 Å². The van der Waals surface area contributed by atoms with E-state index in [0.29, 0.717) is 12.0 Å². The molecule has 2 rings (SSSR count). The fraction of sp³-hybridized carbons (Fsp3) is 0.515. The number of ether oxygens (including phenoxy) is 2. The molecule has 0 heterocycles. The number of carbonyl (C=O) groups is 4. The van der Waals surface area contributed by atoms with Crippen molar-refractivity contribution in [2.75, 3.05) is 13.2 Å². The van der Waals surface area contributed by atoms with Crippen molar-refractivity contribution < 1.29 is 28.7 Å². The fourth-order valence-electron chi connectivity index (χ4n) is 4.40. The molecule has 0 radical (unpaired) electrons. The minimum atomic E-state index is -1.03. The number of carbonyl (C=O) groups excluding carboxylic acids is 4. The molecular formula is C33H47N3O6. The molecule has 0 bridgehead atoms. The minimum Gasteiger partial charge on any atom is -0.466 e. The van der Waals surface area contributed by atoms with E-state index in [1.807, 2.05) is 82.3 Å². The van der Waals surface area contributed by atoms with Crippen LogP contribution in [0.15, 0.2) is 54.6 Å². The first kappa shape index (κ1) is 34.3. The number of hydrogen-bond acceptors (Lipinski definition) is 6. The Morgan fingerprint density at radius 2 is 1.52 bits per heavy atom. The van der Waals surface area contributed by atoms with Crippen molar-refractivity contribution in [3.8, 4) is 0 Å². The Morgan fingerprint density at radius 3 is 2.07 bits per heavy atom. The highest BCUT2D eigenvalue weighted by Gasteiger charge is 2.43. The van der Waals surface area contributed by atoms with Gasteiger partial charge in [0.15, 0.2) is 0 Å². The van der Waals surface area contributed by atoms with Crippen molar-refractivity contribution in [3.63, 3.8) is 0 Å². The molecule has 0 aliphatic heterocycles. The number of amides is 3. The molecule has 0 saturated carbocycles. The molecule has 2 aromatic carbocycles. The van der Waals surface area contributed by atoms with Crippen molar-refractivity contribution in [1.29, 1.82) is 0 Å². The fourth-order valence-corrected chi connectivity index (χ4v) is 4.40. The summed E-state index contributed by atoms with van der Waals surface area (Å²) < 4.78 is 10.5. The van der Waals surface area contributed by atoms with E-state index in [2.05, 4.69) is 10.6 Å². The van der Waals surface area contributed by atoms with Crippen LogP contribution >= 0.6 is 0 Å². The maximum atomic E-state index is 14.6. The number of rotatable bonds is 13. The first-order chi connectivity index (χ1) is 19.7. The normalized spacial score (nSPS) is 13.0.